The van der Waals surface area contributed by atoms with Crippen molar-refractivity contribution in [1.29, 1.82) is 0 Å². The minimum atomic E-state index is -0.528. The molecule has 0 radical (unpaired) electrons. The molecule has 98 valence electrons. The van der Waals surface area contributed by atoms with E-state index in [9.17, 15) is 9.90 Å². The zero-order valence-corrected chi connectivity index (χ0v) is 10.8. The number of pyridine rings is 1. The number of benzene rings is 1. The monoisotopic (exact) mass is 278 g/mol. The van der Waals surface area contributed by atoms with E-state index in [2.05, 4.69) is 15.3 Å². The van der Waals surface area contributed by atoms with Crippen LogP contribution in [0.4, 0.5) is 5.82 Å². The van der Waals surface area contributed by atoms with Crippen molar-refractivity contribution in [1.82, 2.24) is 4.98 Å². The highest BCUT2D eigenvalue weighted by Gasteiger charge is 2.07. The number of halogens is 1. The van der Waals surface area contributed by atoms with Gasteiger partial charge in [0.2, 0.25) is 5.82 Å². The van der Waals surface area contributed by atoms with Crippen molar-refractivity contribution in [3.8, 4) is 16.9 Å². The second-order valence-corrected chi connectivity index (χ2v) is 4.23. The molecule has 0 saturated heterocycles. The van der Waals surface area contributed by atoms with E-state index < -0.39 is 5.97 Å². The molecule has 2 aromatic rings. The Bertz CT molecular complexity index is 617. The predicted octanol–water partition coefficient (Wildman–Crippen LogP) is 3.00. The smallest absolute Gasteiger partial charge is 0.329 e. The standard InChI is InChI=1S/C13H11ClN2O3/c1-8(17)19-16-13-12(18)6-10(7-15-13)9-3-2-4-11(14)5-9/h2-7,18H,1H3,(H,15,16). The number of hydrogen-bond acceptors (Lipinski definition) is 5. The lowest BCUT2D eigenvalue weighted by Gasteiger charge is -2.08. The molecule has 0 bridgehead atoms. The Balaban J connectivity index is 2.26. The van der Waals surface area contributed by atoms with Crippen molar-refractivity contribution in [3.63, 3.8) is 0 Å². The summed E-state index contributed by atoms with van der Waals surface area (Å²) in [6.07, 6.45) is 1.54. The van der Waals surface area contributed by atoms with Crippen molar-refractivity contribution < 1.29 is 14.7 Å². The van der Waals surface area contributed by atoms with E-state index in [1.54, 1.807) is 18.2 Å². The molecular formula is C13H11ClN2O3. The Labute approximate surface area is 114 Å². The topological polar surface area (TPSA) is 71.5 Å². The van der Waals surface area contributed by atoms with Crippen molar-refractivity contribution in [2.45, 2.75) is 6.92 Å². The molecule has 0 amide bonds. The van der Waals surface area contributed by atoms with Crippen LogP contribution in [0, 0.1) is 0 Å². The van der Waals surface area contributed by atoms with Crippen LogP contribution < -0.4 is 5.48 Å². The lowest BCUT2D eigenvalue weighted by molar-refractivity contribution is -0.138. The van der Waals surface area contributed by atoms with Gasteiger partial charge in [0.25, 0.3) is 0 Å². The second kappa shape index (κ2) is 5.58. The summed E-state index contributed by atoms with van der Waals surface area (Å²) in [6, 6.07) is 8.68. The van der Waals surface area contributed by atoms with Crippen LogP contribution in [0.15, 0.2) is 36.5 Å². The maximum Gasteiger partial charge on any atom is 0.329 e. The molecule has 0 atom stereocenters. The first-order valence-electron chi connectivity index (χ1n) is 5.44. The fourth-order valence-electron chi connectivity index (χ4n) is 1.48. The summed E-state index contributed by atoms with van der Waals surface area (Å²) >= 11 is 5.90. The van der Waals surface area contributed by atoms with Gasteiger partial charge in [0, 0.05) is 23.7 Å². The van der Waals surface area contributed by atoms with Crippen molar-refractivity contribution >= 4 is 23.4 Å². The largest absolute Gasteiger partial charge is 0.504 e. The van der Waals surface area contributed by atoms with Crippen molar-refractivity contribution in [2.75, 3.05) is 5.48 Å². The molecule has 0 unspecified atom stereocenters. The molecule has 2 rings (SSSR count). The number of carbonyl (C=O) groups is 1. The second-order valence-electron chi connectivity index (χ2n) is 3.80. The Hall–Kier alpha value is -2.27. The molecule has 2 N–H and O–H groups in total. The molecule has 1 aromatic heterocycles. The molecule has 0 aliphatic carbocycles. The number of nitrogens with one attached hydrogen (secondary N) is 1. The van der Waals surface area contributed by atoms with Gasteiger partial charge < -0.3 is 9.94 Å². The van der Waals surface area contributed by atoms with Gasteiger partial charge in [0.1, 0.15) is 0 Å². The van der Waals surface area contributed by atoms with Crippen molar-refractivity contribution in [3.05, 3.63) is 41.6 Å². The Morgan fingerprint density at radius 1 is 1.37 bits per heavy atom. The van der Waals surface area contributed by atoms with Crippen LogP contribution in [0.5, 0.6) is 5.75 Å². The number of nitrogens with zero attached hydrogens (tertiary/aromatic N) is 1. The van der Waals surface area contributed by atoms with Gasteiger partial charge in [0.15, 0.2) is 5.75 Å². The summed E-state index contributed by atoms with van der Waals surface area (Å²) in [5, 5.41) is 10.4. The molecule has 6 heteroatoms. The third kappa shape index (κ3) is 3.35. The third-order valence-electron chi connectivity index (χ3n) is 2.32. The number of rotatable bonds is 3. The lowest BCUT2D eigenvalue weighted by Crippen LogP contribution is -2.07. The molecule has 1 aromatic carbocycles. The third-order valence-corrected chi connectivity index (χ3v) is 2.55. The average molecular weight is 279 g/mol. The highest BCUT2D eigenvalue weighted by Crippen LogP contribution is 2.28. The minimum Gasteiger partial charge on any atom is -0.504 e. The summed E-state index contributed by atoms with van der Waals surface area (Å²) in [7, 11) is 0. The summed E-state index contributed by atoms with van der Waals surface area (Å²) in [5.74, 6) is -0.583. The van der Waals surface area contributed by atoms with Gasteiger partial charge in [-0.3, -0.25) is 4.79 Å². The average Bonchev–Trinajstić information content (AvgIpc) is 2.37. The van der Waals surface area contributed by atoms with Crippen LogP contribution in [-0.4, -0.2) is 16.1 Å². The Morgan fingerprint density at radius 2 is 2.16 bits per heavy atom. The van der Waals surface area contributed by atoms with Crippen LogP contribution >= 0.6 is 11.6 Å². The zero-order valence-electron chi connectivity index (χ0n) is 10.1. The van der Waals surface area contributed by atoms with E-state index in [0.717, 1.165) is 5.56 Å². The van der Waals surface area contributed by atoms with Crippen LogP contribution in [0.1, 0.15) is 6.92 Å². The first-order chi connectivity index (χ1) is 9.06. The molecule has 0 aliphatic rings. The molecule has 1 heterocycles. The van der Waals surface area contributed by atoms with Gasteiger partial charge in [0.05, 0.1) is 0 Å². The van der Waals surface area contributed by atoms with Crippen LogP contribution in [-0.2, 0) is 9.63 Å². The van der Waals surface area contributed by atoms with Gasteiger partial charge >= 0.3 is 5.97 Å². The number of carbonyl (C=O) groups excluding carboxylic acids is 1. The van der Waals surface area contributed by atoms with Crippen LogP contribution in [0.25, 0.3) is 11.1 Å². The lowest BCUT2D eigenvalue weighted by atomic mass is 10.1. The van der Waals surface area contributed by atoms with Crippen LogP contribution in [0.3, 0.4) is 0 Å². The quantitative estimate of drug-likeness (QED) is 0.845. The van der Waals surface area contributed by atoms with E-state index in [4.69, 9.17) is 11.6 Å². The van der Waals surface area contributed by atoms with Gasteiger partial charge in [-0.2, -0.15) is 5.48 Å². The first-order valence-corrected chi connectivity index (χ1v) is 5.82. The molecule has 0 spiro atoms. The number of aromatic nitrogens is 1. The Morgan fingerprint density at radius 3 is 2.79 bits per heavy atom. The highest BCUT2D eigenvalue weighted by molar-refractivity contribution is 6.30. The fourth-order valence-corrected chi connectivity index (χ4v) is 1.67. The van der Waals surface area contributed by atoms with E-state index in [1.807, 2.05) is 6.07 Å². The van der Waals surface area contributed by atoms with E-state index in [-0.39, 0.29) is 11.6 Å². The predicted molar refractivity (Wildman–Crippen MR) is 71.7 cm³/mol. The van der Waals surface area contributed by atoms with Gasteiger partial charge in [-0.15, -0.1) is 0 Å². The summed E-state index contributed by atoms with van der Waals surface area (Å²) < 4.78 is 0. The van der Waals surface area contributed by atoms with Gasteiger partial charge in [-0.05, 0) is 23.8 Å². The number of anilines is 1. The Kier molecular flexibility index (Phi) is 3.87. The van der Waals surface area contributed by atoms with Crippen LogP contribution in [0.2, 0.25) is 5.02 Å². The molecular weight excluding hydrogens is 268 g/mol. The molecule has 0 fully saturated rings. The number of hydrogen-bond donors (Lipinski definition) is 2. The normalized spacial score (nSPS) is 10.0. The van der Waals surface area contributed by atoms with Gasteiger partial charge in [-0.1, -0.05) is 23.7 Å². The summed E-state index contributed by atoms with van der Waals surface area (Å²) in [6.45, 7) is 1.24. The molecule has 19 heavy (non-hydrogen) atoms. The van der Waals surface area contributed by atoms with E-state index in [0.29, 0.717) is 10.6 Å². The first kappa shape index (κ1) is 13.2. The molecule has 0 aliphatic heterocycles. The van der Waals surface area contributed by atoms with E-state index in [1.165, 1.54) is 19.2 Å². The molecule has 5 nitrogen and oxygen atoms in total. The van der Waals surface area contributed by atoms with E-state index >= 15 is 0 Å². The fraction of sp³-hybridized carbons (Fsp3) is 0.0769. The molecule has 0 saturated carbocycles. The number of aromatic hydroxyl groups is 1. The van der Waals surface area contributed by atoms with Crippen molar-refractivity contribution in [2.24, 2.45) is 0 Å². The maximum absolute atomic E-state index is 10.6. The zero-order chi connectivity index (χ0) is 13.8. The summed E-state index contributed by atoms with van der Waals surface area (Å²) in [5.41, 5.74) is 3.80. The maximum atomic E-state index is 10.6. The minimum absolute atomic E-state index is 0.0704. The highest BCUT2D eigenvalue weighted by atomic mass is 35.5. The SMILES string of the molecule is CC(=O)ONc1ncc(-c2cccc(Cl)c2)cc1O. The summed E-state index contributed by atoms with van der Waals surface area (Å²) in [4.78, 5) is 19.2. The van der Waals surface area contributed by atoms with Gasteiger partial charge in [-0.25, -0.2) is 4.98 Å².